The molecule has 1 aromatic heterocycles. The van der Waals surface area contributed by atoms with E-state index in [1.54, 1.807) is 0 Å². The summed E-state index contributed by atoms with van der Waals surface area (Å²) in [5.41, 5.74) is 8.62. The van der Waals surface area contributed by atoms with Gasteiger partial charge in [-0.15, -0.1) is 0 Å². The SMILES string of the molecule is CCCCOc1ccc(Nc2ncnc(NCc3ccc4c(c3)OCO4)c2N)cc1. The highest BCUT2D eigenvalue weighted by atomic mass is 16.7. The fourth-order valence-electron chi connectivity index (χ4n) is 2.98. The Morgan fingerprint density at radius 1 is 1.03 bits per heavy atom. The van der Waals surface area contributed by atoms with E-state index >= 15 is 0 Å². The molecule has 0 aliphatic carbocycles. The van der Waals surface area contributed by atoms with E-state index in [1.807, 2.05) is 42.5 Å². The standard InChI is InChI=1S/C22H25N5O3/c1-2-3-10-28-17-7-5-16(6-8-17)27-22-20(23)21(25-13-26-22)24-12-15-4-9-18-19(11-15)30-14-29-18/h4-9,11,13H,2-3,10,12,14,23H2,1H3,(H2,24,25,26,27). The van der Waals surface area contributed by atoms with Crippen molar-refractivity contribution in [1.29, 1.82) is 0 Å². The molecule has 0 amide bonds. The Labute approximate surface area is 175 Å². The highest BCUT2D eigenvalue weighted by Crippen LogP contribution is 2.33. The Kier molecular flexibility index (Phi) is 6.03. The largest absolute Gasteiger partial charge is 0.494 e. The maximum absolute atomic E-state index is 6.28. The number of benzene rings is 2. The van der Waals surface area contributed by atoms with Crippen LogP contribution in [0.1, 0.15) is 25.3 Å². The van der Waals surface area contributed by atoms with E-state index in [0.717, 1.165) is 47.9 Å². The van der Waals surface area contributed by atoms with E-state index in [1.165, 1.54) is 6.33 Å². The van der Waals surface area contributed by atoms with Crippen molar-refractivity contribution in [3.63, 3.8) is 0 Å². The highest BCUT2D eigenvalue weighted by molar-refractivity contribution is 5.77. The Morgan fingerprint density at radius 3 is 2.67 bits per heavy atom. The van der Waals surface area contributed by atoms with Crippen molar-refractivity contribution in [1.82, 2.24) is 9.97 Å². The van der Waals surface area contributed by atoms with Crippen molar-refractivity contribution in [3.05, 3.63) is 54.4 Å². The Bertz CT molecular complexity index is 995. The zero-order chi connectivity index (χ0) is 20.8. The number of ether oxygens (including phenoxy) is 3. The molecule has 0 saturated carbocycles. The van der Waals surface area contributed by atoms with E-state index in [4.69, 9.17) is 19.9 Å². The predicted molar refractivity (Wildman–Crippen MR) is 116 cm³/mol. The normalized spacial score (nSPS) is 11.9. The quantitative estimate of drug-likeness (QED) is 0.451. The molecule has 30 heavy (non-hydrogen) atoms. The van der Waals surface area contributed by atoms with Crippen molar-refractivity contribution >= 4 is 23.0 Å². The maximum Gasteiger partial charge on any atom is 0.231 e. The van der Waals surface area contributed by atoms with Gasteiger partial charge in [0, 0.05) is 12.2 Å². The zero-order valence-electron chi connectivity index (χ0n) is 16.9. The van der Waals surface area contributed by atoms with Gasteiger partial charge in [-0.05, 0) is 48.4 Å². The smallest absolute Gasteiger partial charge is 0.231 e. The molecule has 0 bridgehead atoms. The Hall–Kier alpha value is -3.68. The first-order chi connectivity index (χ1) is 14.7. The van der Waals surface area contributed by atoms with Crippen LogP contribution >= 0.6 is 0 Å². The molecule has 8 heteroatoms. The topological polar surface area (TPSA) is 104 Å². The average molecular weight is 407 g/mol. The van der Waals surface area contributed by atoms with Gasteiger partial charge in [-0.1, -0.05) is 19.4 Å². The summed E-state index contributed by atoms with van der Waals surface area (Å²) < 4.78 is 16.4. The molecule has 1 aliphatic rings. The number of hydrogen-bond acceptors (Lipinski definition) is 8. The van der Waals surface area contributed by atoms with E-state index in [2.05, 4.69) is 27.5 Å². The van der Waals surface area contributed by atoms with Crippen molar-refractivity contribution < 1.29 is 14.2 Å². The van der Waals surface area contributed by atoms with Crippen molar-refractivity contribution in [2.75, 3.05) is 29.8 Å². The monoisotopic (exact) mass is 407 g/mol. The third kappa shape index (κ3) is 4.65. The van der Waals surface area contributed by atoms with Gasteiger partial charge < -0.3 is 30.6 Å². The molecule has 8 nitrogen and oxygen atoms in total. The summed E-state index contributed by atoms with van der Waals surface area (Å²) in [7, 11) is 0. The van der Waals surface area contributed by atoms with Crippen LogP contribution in [0.3, 0.4) is 0 Å². The van der Waals surface area contributed by atoms with Gasteiger partial charge in [0.1, 0.15) is 17.8 Å². The van der Waals surface area contributed by atoms with Crippen LogP contribution < -0.4 is 30.6 Å². The number of nitrogens with one attached hydrogen (secondary N) is 2. The van der Waals surface area contributed by atoms with Crippen LogP contribution in [0.15, 0.2) is 48.8 Å². The van der Waals surface area contributed by atoms with E-state index in [-0.39, 0.29) is 6.79 Å². The first-order valence-electron chi connectivity index (χ1n) is 9.95. The number of nitrogen functional groups attached to an aromatic ring is 1. The van der Waals surface area contributed by atoms with E-state index in [0.29, 0.717) is 23.9 Å². The summed E-state index contributed by atoms with van der Waals surface area (Å²) in [6.45, 7) is 3.66. The van der Waals surface area contributed by atoms with Crippen LogP contribution in [0.25, 0.3) is 0 Å². The first kappa shape index (κ1) is 19.6. The lowest BCUT2D eigenvalue weighted by Crippen LogP contribution is -2.08. The van der Waals surface area contributed by atoms with Gasteiger partial charge >= 0.3 is 0 Å². The molecule has 4 rings (SSSR count). The fourth-order valence-corrected chi connectivity index (χ4v) is 2.98. The molecule has 2 heterocycles. The second-order valence-corrected chi connectivity index (χ2v) is 6.88. The number of nitrogens with zero attached hydrogens (tertiary/aromatic N) is 2. The fraction of sp³-hybridized carbons (Fsp3) is 0.273. The van der Waals surface area contributed by atoms with Gasteiger partial charge in [0.05, 0.1) is 6.61 Å². The molecule has 1 aliphatic heterocycles. The number of anilines is 4. The Balaban J connectivity index is 1.39. The number of aromatic nitrogens is 2. The van der Waals surface area contributed by atoms with Gasteiger partial charge in [-0.3, -0.25) is 0 Å². The third-order valence-corrected chi connectivity index (χ3v) is 4.66. The number of unbranched alkanes of at least 4 members (excludes halogenated alkanes) is 1. The number of nitrogens with two attached hydrogens (primary N) is 1. The van der Waals surface area contributed by atoms with Crippen LogP contribution in [-0.2, 0) is 6.54 Å². The molecule has 3 aromatic rings. The van der Waals surface area contributed by atoms with Crippen molar-refractivity contribution in [2.45, 2.75) is 26.3 Å². The van der Waals surface area contributed by atoms with Crippen LogP contribution in [0.5, 0.6) is 17.2 Å². The van der Waals surface area contributed by atoms with Crippen molar-refractivity contribution in [3.8, 4) is 17.2 Å². The lowest BCUT2D eigenvalue weighted by molar-refractivity contribution is 0.174. The second-order valence-electron chi connectivity index (χ2n) is 6.88. The van der Waals surface area contributed by atoms with E-state index in [9.17, 15) is 0 Å². The van der Waals surface area contributed by atoms with Crippen LogP contribution in [0, 0.1) is 0 Å². The summed E-state index contributed by atoms with van der Waals surface area (Å²) in [5.74, 6) is 3.45. The molecule has 156 valence electrons. The molecule has 0 atom stereocenters. The molecule has 0 spiro atoms. The average Bonchev–Trinajstić information content (AvgIpc) is 3.24. The molecule has 2 aromatic carbocycles. The minimum absolute atomic E-state index is 0.256. The second kappa shape index (κ2) is 9.21. The van der Waals surface area contributed by atoms with Crippen LogP contribution in [-0.4, -0.2) is 23.4 Å². The minimum atomic E-state index is 0.256. The van der Waals surface area contributed by atoms with Crippen LogP contribution in [0.2, 0.25) is 0 Å². The molecular weight excluding hydrogens is 382 g/mol. The third-order valence-electron chi connectivity index (χ3n) is 4.66. The molecule has 4 N–H and O–H groups in total. The van der Waals surface area contributed by atoms with Gasteiger partial charge in [-0.2, -0.15) is 0 Å². The predicted octanol–water partition coefficient (Wildman–Crippen LogP) is 4.32. The number of rotatable bonds is 9. The summed E-state index contributed by atoms with van der Waals surface area (Å²) >= 11 is 0. The van der Waals surface area contributed by atoms with Gasteiger partial charge in [0.25, 0.3) is 0 Å². The molecule has 0 fully saturated rings. The van der Waals surface area contributed by atoms with Gasteiger partial charge in [0.2, 0.25) is 6.79 Å². The first-order valence-corrected chi connectivity index (χ1v) is 9.95. The summed E-state index contributed by atoms with van der Waals surface area (Å²) in [5, 5.41) is 6.48. The Morgan fingerprint density at radius 2 is 1.83 bits per heavy atom. The lowest BCUT2D eigenvalue weighted by atomic mass is 10.2. The molecular formula is C22H25N5O3. The zero-order valence-corrected chi connectivity index (χ0v) is 16.9. The van der Waals surface area contributed by atoms with Gasteiger partial charge in [-0.25, -0.2) is 9.97 Å². The van der Waals surface area contributed by atoms with Gasteiger partial charge in [0.15, 0.2) is 23.1 Å². The summed E-state index contributed by atoms with van der Waals surface area (Å²) in [4.78, 5) is 8.53. The number of hydrogen-bond donors (Lipinski definition) is 3. The minimum Gasteiger partial charge on any atom is -0.494 e. The molecule has 0 unspecified atom stereocenters. The highest BCUT2D eigenvalue weighted by Gasteiger charge is 2.14. The number of fused-ring (bicyclic) bond motifs is 1. The summed E-state index contributed by atoms with van der Waals surface area (Å²) in [6, 6.07) is 13.5. The van der Waals surface area contributed by atoms with E-state index < -0.39 is 0 Å². The van der Waals surface area contributed by atoms with Crippen LogP contribution in [0.4, 0.5) is 23.0 Å². The van der Waals surface area contributed by atoms with Crippen molar-refractivity contribution in [2.24, 2.45) is 0 Å². The molecule has 0 saturated heterocycles. The summed E-state index contributed by atoms with van der Waals surface area (Å²) in [6.07, 6.45) is 3.63. The lowest BCUT2D eigenvalue weighted by Gasteiger charge is -2.13. The maximum atomic E-state index is 6.28. The molecule has 0 radical (unpaired) electrons.